The van der Waals surface area contributed by atoms with Crippen molar-refractivity contribution >= 4 is 23.2 Å². The zero-order valence-corrected chi connectivity index (χ0v) is 14.4. The van der Waals surface area contributed by atoms with Crippen molar-refractivity contribution in [2.45, 2.75) is 13.3 Å². The molecule has 2 aromatic rings. The van der Waals surface area contributed by atoms with Gasteiger partial charge in [-0.25, -0.2) is 4.39 Å². The summed E-state index contributed by atoms with van der Waals surface area (Å²) in [7, 11) is 0. The number of carbonyl (C=O) groups is 1. The van der Waals surface area contributed by atoms with Crippen LogP contribution in [0.1, 0.15) is 11.1 Å². The molecule has 0 aromatic heterocycles. The summed E-state index contributed by atoms with van der Waals surface area (Å²) in [6.07, 6.45) is 1.77. The van der Waals surface area contributed by atoms with Gasteiger partial charge in [0.2, 0.25) is 0 Å². The molecule has 0 fully saturated rings. The van der Waals surface area contributed by atoms with Crippen molar-refractivity contribution in [3.63, 3.8) is 0 Å². The van der Waals surface area contributed by atoms with Crippen LogP contribution in [0, 0.1) is 24.1 Å². The Balaban J connectivity index is 1.92. The van der Waals surface area contributed by atoms with Crippen LogP contribution in [0.5, 0.6) is 0 Å². The van der Waals surface area contributed by atoms with Crippen LogP contribution in [-0.4, -0.2) is 12.5 Å². The molecule has 0 aliphatic carbocycles. The van der Waals surface area contributed by atoms with Crippen LogP contribution in [-0.2, 0) is 11.2 Å². The van der Waals surface area contributed by atoms with E-state index in [1.54, 1.807) is 36.4 Å². The van der Waals surface area contributed by atoms with E-state index in [9.17, 15) is 9.18 Å². The average Bonchev–Trinajstić information content (AvgIpc) is 2.59. The summed E-state index contributed by atoms with van der Waals surface area (Å²) in [5.74, 6) is -0.816. The molecule has 0 radical (unpaired) electrons. The van der Waals surface area contributed by atoms with Gasteiger partial charge in [-0.3, -0.25) is 4.79 Å². The topological polar surface area (TPSA) is 64.9 Å². The lowest BCUT2D eigenvalue weighted by molar-refractivity contribution is -0.112. The second-order valence-corrected chi connectivity index (χ2v) is 5.79. The van der Waals surface area contributed by atoms with Crippen LogP contribution < -0.4 is 10.6 Å². The first-order valence-electron chi connectivity index (χ1n) is 7.66. The third-order valence-electron chi connectivity index (χ3n) is 3.54. The maximum absolute atomic E-state index is 13.5. The Morgan fingerprint density at radius 3 is 2.76 bits per heavy atom. The lowest BCUT2D eigenvalue weighted by atomic mass is 10.1. The van der Waals surface area contributed by atoms with E-state index < -0.39 is 5.91 Å². The van der Waals surface area contributed by atoms with Crippen molar-refractivity contribution in [2.24, 2.45) is 0 Å². The quantitative estimate of drug-likeness (QED) is 0.467. The second-order valence-electron chi connectivity index (χ2n) is 5.38. The standard InChI is InChI=1S/C19H17ClFN3O/c1-13-6-7-16(10-17(13)20)24-19(25)15(11-22)12-23-9-8-14-4-2-3-5-18(14)21/h2-7,10,12,23H,8-9H2,1H3,(H,24,25)/b15-12-. The van der Waals surface area contributed by atoms with E-state index in [1.165, 1.54) is 12.3 Å². The van der Waals surface area contributed by atoms with Crippen LogP contribution >= 0.6 is 11.6 Å². The maximum Gasteiger partial charge on any atom is 0.267 e. The summed E-state index contributed by atoms with van der Waals surface area (Å²) < 4.78 is 13.5. The van der Waals surface area contributed by atoms with E-state index in [-0.39, 0.29) is 11.4 Å². The zero-order valence-electron chi connectivity index (χ0n) is 13.6. The van der Waals surface area contributed by atoms with Crippen molar-refractivity contribution in [3.8, 4) is 6.07 Å². The highest BCUT2D eigenvalue weighted by Gasteiger charge is 2.10. The number of nitrogens with zero attached hydrogens (tertiary/aromatic N) is 1. The van der Waals surface area contributed by atoms with E-state index >= 15 is 0 Å². The molecule has 0 atom stereocenters. The lowest BCUT2D eigenvalue weighted by Crippen LogP contribution is -2.18. The number of amides is 1. The minimum atomic E-state index is -0.541. The highest BCUT2D eigenvalue weighted by Crippen LogP contribution is 2.20. The number of hydrogen-bond donors (Lipinski definition) is 2. The van der Waals surface area contributed by atoms with Gasteiger partial charge in [-0.1, -0.05) is 35.9 Å². The zero-order chi connectivity index (χ0) is 18.2. The van der Waals surface area contributed by atoms with Crippen molar-refractivity contribution in [3.05, 3.63) is 76.2 Å². The molecular formula is C19H17ClFN3O. The molecule has 0 aliphatic heterocycles. The number of carbonyl (C=O) groups excluding carboxylic acids is 1. The maximum atomic E-state index is 13.5. The number of benzene rings is 2. The van der Waals surface area contributed by atoms with Crippen molar-refractivity contribution < 1.29 is 9.18 Å². The molecule has 0 bridgehead atoms. The molecule has 25 heavy (non-hydrogen) atoms. The number of rotatable bonds is 6. The van der Waals surface area contributed by atoms with E-state index in [0.717, 1.165) is 5.56 Å². The molecule has 0 heterocycles. The van der Waals surface area contributed by atoms with Gasteiger partial charge in [-0.15, -0.1) is 0 Å². The number of nitriles is 1. The van der Waals surface area contributed by atoms with Crippen molar-refractivity contribution in [2.75, 3.05) is 11.9 Å². The van der Waals surface area contributed by atoms with Gasteiger partial charge in [-0.05, 0) is 42.7 Å². The summed E-state index contributed by atoms with van der Waals surface area (Å²) in [4.78, 5) is 12.1. The van der Waals surface area contributed by atoms with Crippen LogP contribution in [0.3, 0.4) is 0 Å². The third kappa shape index (κ3) is 5.33. The van der Waals surface area contributed by atoms with Crippen LogP contribution in [0.2, 0.25) is 5.02 Å². The average molecular weight is 358 g/mol. The first-order chi connectivity index (χ1) is 12.0. The summed E-state index contributed by atoms with van der Waals surface area (Å²) in [6, 6.07) is 13.4. The SMILES string of the molecule is Cc1ccc(NC(=O)/C(C#N)=C\NCCc2ccccc2F)cc1Cl. The molecule has 4 nitrogen and oxygen atoms in total. The predicted octanol–water partition coefficient (Wildman–Crippen LogP) is 3.97. The normalized spacial score (nSPS) is 10.9. The Bertz CT molecular complexity index is 843. The van der Waals surface area contributed by atoms with E-state index in [1.807, 2.05) is 13.0 Å². The second kappa shape index (κ2) is 8.86. The van der Waals surface area contributed by atoms with Crippen molar-refractivity contribution in [1.29, 1.82) is 5.26 Å². The van der Waals surface area contributed by atoms with E-state index in [2.05, 4.69) is 10.6 Å². The predicted molar refractivity (Wildman–Crippen MR) is 96.6 cm³/mol. The first-order valence-corrected chi connectivity index (χ1v) is 8.03. The largest absolute Gasteiger partial charge is 0.389 e. The minimum Gasteiger partial charge on any atom is -0.389 e. The molecule has 128 valence electrons. The first kappa shape index (κ1) is 18.5. The summed E-state index contributed by atoms with van der Waals surface area (Å²) in [6.45, 7) is 2.25. The van der Waals surface area contributed by atoms with Gasteiger partial charge < -0.3 is 10.6 Å². The highest BCUT2D eigenvalue weighted by molar-refractivity contribution is 6.31. The Labute approximate surface area is 150 Å². The summed E-state index contributed by atoms with van der Waals surface area (Å²) in [5.41, 5.74) is 1.89. The van der Waals surface area contributed by atoms with Gasteiger partial charge in [0.25, 0.3) is 5.91 Å². The molecule has 0 aliphatic rings. The fraction of sp³-hybridized carbons (Fsp3) is 0.158. The third-order valence-corrected chi connectivity index (χ3v) is 3.94. The number of halogens is 2. The molecule has 0 spiro atoms. The molecule has 0 saturated heterocycles. The van der Waals surface area contributed by atoms with Crippen LogP contribution in [0.15, 0.2) is 54.2 Å². The molecule has 0 unspecified atom stereocenters. The van der Waals surface area contributed by atoms with Gasteiger partial charge in [0.1, 0.15) is 17.5 Å². The van der Waals surface area contributed by atoms with Gasteiger partial charge in [0, 0.05) is 23.5 Å². The van der Waals surface area contributed by atoms with Gasteiger partial charge in [-0.2, -0.15) is 5.26 Å². The van der Waals surface area contributed by atoms with Gasteiger partial charge in [0.05, 0.1) is 0 Å². The number of hydrogen-bond acceptors (Lipinski definition) is 3. The Hall–Kier alpha value is -2.84. The van der Waals surface area contributed by atoms with E-state index in [4.69, 9.17) is 16.9 Å². The molecule has 1 amide bonds. The highest BCUT2D eigenvalue weighted by atomic mass is 35.5. The van der Waals surface area contributed by atoms with Crippen molar-refractivity contribution in [1.82, 2.24) is 5.32 Å². The summed E-state index contributed by atoms with van der Waals surface area (Å²) in [5, 5.41) is 15.1. The molecular weight excluding hydrogens is 341 g/mol. The number of anilines is 1. The lowest BCUT2D eigenvalue weighted by Gasteiger charge is -2.07. The van der Waals surface area contributed by atoms with E-state index in [0.29, 0.717) is 29.2 Å². The Morgan fingerprint density at radius 1 is 1.32 bits per heavy atom. The van der Waals surface area contributed by atoms with Crippen LogP contribution in [0.25, 0.3) is 0 Å². The van der Waals surface area contributed by atoms with Crippen LogP contribution in [0.4, 0.5) is 10.1 Å². The fourth-order valence-electron chi connectivity index (χ4n) is 2.10. The smallest absolute Gasteiger partial charge is 0.267 e. The molecule has 2 N–H and O–H groups in total. The Kier molecular flexibility index (Phi) is 6.55. The molecule has 6 heteroatoms. The summed E-state index contributed by atoms with van der Waals surface area (Å²) >= 11 is 6.01. The monoisotopic (exact) mass is 357 g/mol. The van der Waals surface area contributed by atoms with Gasteiger partial charge in [0.15, 0.2) is 0 Å². The molecule has 2 rings (SSSR count). The minimum absolute atomic E-state index is 0.0785. The van der Waals surface area contributed by atoms with Gasteiger partial charge >= 0.3 is 0 Å². The number of aryl methyl sites for hydroxylation is 1. The Morgan fingerprint density at radius 2 is 2.08 bits per heavy atom. The molecule has 2 aromatic carbocycles. The molecule has 0 saturated carbocycles. The fourth-order valence-corrected chi connectivity index (χ4v) is 2.28. The number of nitrogens with one attached hydrogen (secondary N) is 2.